The molecular weight excluding hydrogens is 433 g/mol. The first kappa shape index (κ1) is 23.2. The zero-order valence-corrected chi connectivity index (χ0v) is 19.0. The number of nitrogens with one attached hydrogen (secondary N) is 2. The molecule has 7 heteroatoms. The third-order valence-corrected chi connectivity index (χ3v) is 6.00. The van der Waals surface area contributed by atoms with Crippen LogP contribution in [0, 0.1) is 5.82 Å². The summed E-state index contributed by atoms with van der Waals surface area (Å²) < 4.78 is 13.0. The van der Waals surface area contributed by atoms with E-state index in [0.29, 0.717) is 12.1 Å². The Hall–Kier alpha value is -4.00. The van der Waals surface area contributed by atoms with Crippen molar-refractivity contribution in [2.75, 3.05) is 5.01 Å². The van der Waals surface area contributed by atoms with E-state index in [0.717, 1.165) is 22.3 Å². The number of anilines is 1. The molecule has 3 amide bonds. The Balaban J connectivity index is 1.46. The fourth-order valence-electron chi connectivity index (χ4n) is 4.07. The van der Waals surface area contributed by atoms with E-state index >= 15 is 0 Å². The van der Waals surface area contributed by atoms with E-state index < -0.39 is 17.9 Å². The fraction of sp³-hybridized carbons (Fsp3) is 0.222. The second-order valence-corrected chi connectivity index (χ2v) is 8.39. The monoisotopic (exact) mass is 459 g/mol. The average Bonchev–Trinajstić information content (AvgIpc) is 2.93. The third-order valence-electron chi connectivity index (χ3n) is 6.00. The second-order valence-electron chi connectivity index (χ2n) is 8.39. The summed E-state index contributed by atoms with van der Waals surface area (Å²) in [5.74, 6) is -1.88. The molecule has 174 valence electrons. The van der Waals surface area contributed by atoms with Crippen molar-refractivity contribution in [1.29, 1.82) is 0 Å². The van der Waals surface area contributed by atoms with Gasteiger partial charge in [0, 0.05) is 12.0 Å². The van der Waals surface area contributed by atoms with Crippen LogP contribution in [0.3, 0.4) is 0 Å². The number of nitrogens with zero attached hydrogens (tertiary/aromatic N) is 1. The van der Waals surface area contributed by atoms with Crippen LogP contribution in [0.2, 0.25) is 0 Å². The molecule has 0 saturated carbocycles. The summed E-state index contributed by atoms with van der Waals surface area (Å²) in [6.07, 6.45) is 0.579. The molecule has 3 aromatic rings. The number of hydrogen-bond acceptors (Lipinski definition) is 3. The molecule has 4 rings (SSSR count). The maximum absolute atomic E-state index is 13.3. The molecule has 0 spiro atoms. The number of aryl methyl sites for hydroxylation is 1. The number of amides is 3. The fourth-order valence-corrected chi connectivity index (χ4v) is 4.07. The topological polar surface area (TPSA) is 78.5 Å². The van der Waals surface area contributed by atoms with E-state index in [2.05, 4.69) is 10.7 Å². The third kappa shape index (κ3) is 4.83. The van der Waals surface area contributed by atoms with Crippen LogP contribution >= 0.6 is 0 Å². The van der Waals surface area contributed by atoms with Gasteiger partial charge in [0.2, 0.25) is 5.91 Å². The predicted octanol–water partition coefficient (Wildman–Crippen LogP) is 4.11. The molecule has 6 nitrogen and oxygen atoms in total. The van der Waals surface area contributed by atoms with Crippen molar-refractivity contribution in [2.24, 2.45) is 0 Å². The highest BCUT2D eigenvalue weighted by molar-refractivity contribution is 6.06. The SMILES string of the molecule is CC1C(=O)N(NC(=O)[C@H](C)NC(=O)CCc2ccc(F)cc2)c2ccccc2-c2ccccc21. The zero-order valence-electron chi connectivity index (χ0n) is 19.0. The lowest BCUT2D eigenvalue weighted by Crippen LogP contribution is -2.54. The molecule has 3 aromatic carbocycles. The van der Waals surface area contributed by atoms with Crippen molar-refractivity contribution < 1.29 is 18.8 Å². The minimum atomic E-state index is -0.860. The van der Waals surface area contributed by atoms with Gasteiger partial charge < -0.3 is 5.32 Å². The summed E-state index contributed by atoms with van der Waals surface area (Å²) in [5.41, 5.74) is 6.78. The van der Waals surface area contributed by atoms with Crippen LogP contribution in [-0.2, 0) is 20.8 Å². The van der Waals surface area contributed by atoms with Gasteiger partial charge in [0.1, 0.15) is 11.9 Å². The van der Waals surface area contributed by atoms with Gasteiger partial charge in [-0.05, 0) is 55.2 Å². The van der Waals surface area contributed by atoms with Gasteiger partial charge in [0.05, 0.1) is 11.6 Å². The molecule has 2 N–H and O–H groups in total. The molecule has 1 heterocycles. The van der Waals surface area contributed by atoms with Gasteiger partial charge in [0.25, 0.3) is 11.8 Å². The lowest BCUT2D eigenvalue weighted by molar-refractivity contribution is -0.130. The van der Waals surface area contributed by atoms with Crippen LogP contribution in [0.15, 0.2) is 72.8 Å². The molecule has 0 bridgehead atoms. The Kier molecular flexibility index (Phi) is 6.72. The first-order valence-corrected chi connectivity index (χ1v) is 11.2. The number of benzene rings is 3. The van der Waals surface area contributed by atoms with Gasteiger partial charge in [0.15, 0.2) is 0 Å². The number of hydrogen-bond donors (Lipinski definition) is 2. The first-order chi connectivity index (χ1) is 16.3. The summed E-state index contributed by atoms with van der Waals surface area (Å²) in [7, 11) is 0. The van der Waals surface area contributed by atoms with Crippen LogP contribution in [0.5, 0.6) is 0 Å². The van der Waals surface area contributed by atoms with E-state index in [1.54, 1.807) is 25.1 Å². The van der Waals surface area contributed by atoms with Gasteiger partial charge in [-0.1, -0.05) is 54.6 Å². The summed E-state index contributed by atoms with van der Waals surface area (Å²) in [6, 6.07) is 20.2. The Morgan fingerprint density at radius 1 is 0.971 bits per heavy atom. The van der Waals surface area contributed by atoms with Crippen LogP contribution in [0.25, 0.3) is 11.1 Å². The van der Waals surface area contributed by atoms with Gasteiger partial charge >= 0.3 is 0 Å². The number of rotatable bonds is 6. The summed E-state index contributed by atoms with van der Waals surface area (Å²) in [6.45, 7) is 3.38. The van der Waals surface area contributed by atoms with E-state index in [9.17, 15) is 18.8 Å². The Labute approximate surface area is 197 Å². The quantitative estimate of drug-likeness (QED) is 0.582. The van der Waals surface area contributed by atoms with E-state index in [1.807, 2.05) is 49.4 Å². The van der Waals surface area contributed by atoms with Gasteiger partial charge in [-0.15, -0.1) is 0 Å². The van der Waals surface area contributed by atoms with E-state index in [-0.39, 0.29) is 24.1 Å². The summed E-state index contributed by atoms with van der Waals surface area (Å²) in [4.78, 5) is 38.6. The molecular formula is C27H26FN3O3. The number of hydrazine groups is 1. The molecule has 1 aliphatic heterocycles. The van der Waals surface area contributed by atoms with Crippen molar-refractivity contribution >= 4 is 23.4 Å². The van der Waals surface area contributed by atoms with Gasteiger partial charge in [-0.3, -0.25) is 19.8 Å². The predicted molar refractivity (Wildman–Crippen MR) is 128 cm³/mol. The molecule has 34 heavy (non-hydrogen) atoms. The van der Waals surface area contributed by atoms with Crippen LogP contribution in [-0.4, -0.2) is 23.8 Å². The maximum atomic E-state index is 13.3. The molecule has 1 unspecified atom stereocenters. The Morgan fingerprint density at radius 2 is 1.62 bits per heavy atom. The second kappa shape index (κ2) is 9.87. The highest BCUT2D eigenvalue weighted by Crippen LogP contribution is 2.39. The number of fused-ring (bicyclic) bond motifs is 3. The molecule has 0 saturated heterocycles. The number of carbonyl (C=O) groups excluding carboxylic acids is 3. The standard InChI is InChI=1S/C27H26FN3O3/c1-17-21-7-3-4-8-22(21)23-9-5-6-10-24(23)31(27(17)34)30-26(33)18(2)29-25(32)16-13-19-11-14-20(28)15-12-19/h3-12,14-15,17-18H,13,16H2,1-2H3,(H,29,32)(H,30,33)/t17?,18-/m0/s1. The molecule has 2 atom stereocenters. The highest BCUT2D eigenvalue weighted by Gasteiger charge is 2.33. The molecule has 1 aliphatic rings. The number of halogens is 1. The molecule has 0 radical (unpaired) electrons. The van der Waals surface area contributed by atoms with Crippen molar-refractivity contribution in [1.82, 2.24) is 10.7 Å². The largest absolute Gasteiger partial charge is 0.345 e. The number of carbonyl (C=O) groups is 3. The minimum Gasteiger partial charge on any atom is -0.345 e. The summed E-state index contributed by atoms with van der Waals surface area (Å²) in [5, 5.41) is 3.95. The number of para-hydroxylation sites is 1. The maximum Gasteiger partial charge on any atom is 0.261 e. The molecule has 0 aromatic heterocycles. The van der Waals surface area contributed by atoms with Crippen LogP contribution in [0.1, 0.15) is 37.3 Å². The normalized spacial score (nSPS) is 15.6. The Bertz CT molecular complexity index is 1230. The Morgan fingerprint density at radius 3 is 2.35 bits per heavy atom. The van der Waals surface area contributed by atoms with Gasteiger partial charge in [-0.2, -0.15) is 0 Å². The minimum absolute atomic E-state index is 0.154. The van der Waals surface area contributed by atoms with Crippen molar-refractivity contribution in [2.45, 2.75) is 38.6 Å². The lowest BCUT2D eigenvalue weighted by atomic mass is 9.92. The lowest BCUT2D eigenvalue weighted by Gasteiger charge is -2.27. The van der Waals surface area contributed by atoms with Crippen molar-refractivity contribution in [3.63, 3.8) is 0 Å². The zero-order chi connectivity index (χ0) is 24.2. The smallest absolute Gasteiger partial charge is 0.261 e. The van der Waals surface area contributed by atoms with Crippen molar-refractivity contribution in [3.05, 3.63) is 89.7 Å². The van der Waals surface area contributed by atoms with E-state index in [4.69, 9.17) is 0 Å². The average molecular weight is 460 g/mol. The highest BCUT2D eigenvalue weighted by atomic mass is 19.1. The van der Waals surface area contributed by atoms with E-state index in [1.165, 1.54) is 17.1 Å². The summed E-state index contributed by atoms with van der Waals surface area (Å²) >= 11 is 0. The van der Waals surface area contributed by atoms with Crippen LogP contribution < -0.4 is 15.8 Å². The molecule has 0 fully saturated rings. The first-order valence-electron chi connectivity index (χ1n) is 11.2. The van der Waals surface area contributed by atoms with Crippen LogP contribution in [0.4, 0.5) is 10.1 Å². The molecule has 0 aliphatic carbocycles. The van der Waals surface area contributed by atoms with Gasteiger partial charge in [-0.25, -0.2) is 9.40 Å². The van der Waals surface area contributed by atoms with Crippen molar-refractivity contribution in [3.8, 4) is 11.1 Å².